The molecule has 3 heteroatoms. The SMILES string of the molecule is c1ccc(-c2ccccc2NCC2CCOCO2)cc1. The topological polar surface area (TPSA) is 30.5 Å². The molecule has 2 aromatic rings. The summed E-state index contributed by atoms with van der Waals surface area (Å²) in [7, 11) is 0. The van der Waals surface area contributed by atoms with Gasteiger partial charge >= 0.3 is 0 Å². The number of anilines is 1. The molecule has 0 saturated carbocycles. The number of nitrogens with one attached hydrogen (secondary N) is 1. The maximum absolute atomic E-state index is 5.56. The average molecular weight is 269 g/mol. The van der Waals surface area contributed by atoms with Gasteiger partial charge in [-0.2, -0.15) is 0 Å². The van der Waals surface area contributed by atoms with E-state index in [1.807, 2.05) is 6.07 Å². The van der Waals surface area contributed by atoms with Gasteiger partial charge in [-0.1, -0.05) is 48.5 Å². The van der Waals surface area contributed by atoms with Gasteiger partial charge in [-0.3, -0.25) is 0 Å². The molecule has 1 fully saturated rings. The quantitative estimate of drug-likeness (QED) is 0.921. The predicted molar refractivity (Wildman–Crippen MR) is 80.7 cm³/mol. The van der Waals surface area contributed by atoms with Gasteiger partial charge in [0.05, 0.1) is 12.7 Å². The maximum Gasteiger partial charge on any atom is 0.147 e. The zero-order chi connectivity index (χ0) is 13.6. The number of hydrogen-bond donors (Lipinski definition) is 1. The molecule has 1 aliphatic rings. The smallest absolute Gasteiger partial charge is 0.147 e. The van der Waals surface area contributed by atoms with Crippen molar-refractivity contribution in [3.05, 3.63) is 54.6 Å². The molecule has 0 radical (unpaired) electrons. The van der Waals surface area contributed by atoms with Gasteiger partial charge in [-0.15, -0.1) is 0 Å². The van der Waals surface area contributed by atoms with E-state index in [0.29, 0.717) is 6.79 Å². The van der Waals surface area contributed by atoms with Crippen LogP contribution in [0.2, 0.25) is 0 Å². The lowest BCUT2D eigenvalue weighted by atomic mass is 10.0. The molecule has 1 aliphatic heterocycles. The van der Waals surface area contributed by atoms with Crippen molar-refractivity contribution >= 4 is 5.69 Å². The Morgan fingerprint density at radius 3 is 2.60 bits per heavy atom. The molecule has 1 heterocycles. The molecule has 1 unspecified atom stereocenters. The fourth-order valence-corrected chi connectivity index (χ4v) is 2.39. The molecular weight excluding hydrogens is 250 g/mol. The van der Waals surface area contributed by atoms with Crippen LogP contribution in [-0.4, -0.2) is 26.0 Å². The van der Waals surface area contributed by atoms with Crippen LogP contribution < -0.4 is 5.32 Å². The predicted octanol–water partition coefficient (Wildman–Crippen LogP) is 3.53. The minimum absolute atomic E-state index is 0.229. The highest BCUT2D eigenvalue weighted by Crippen LogP contribution is 2.27. The zero-order valence-corrected chi connectivity index (χ0v) is 11.4. The Bertz CT molecular complexity index is 536. The summed E-state index contributed by atoms with van der Waals surface area (Å²) in [5, 5.41) is 3.50. The van der Waals surface area contributed by atoms with Gasteiger partial charge in [-0.05, 0) is 18.1 Å². The van der Waals surface area contributed by atoms with E-state index in [2.05, 4.69) is 53.8 Å². The Morgan fingerprint density at radius 1 is 1.00 bits per heavy atom. The number of ether oxygens (including phenoxy) is 2. The van der Waals surface area contributed by atoms with Crippen molar-refractivity contribution in [2.45, 2.75) is 12.5 Å². The molecule has 1 saturated heterocycles. The van der Waals surface area contributed by atoms with Crippen LogP contribution in [-0.2, 0) is 9.47 Å². The monoisotopic (exact) mass is 269 g/mol. The number of benzene rings is 2. The third-order valence-electron chi connectivity index (χ3n) is 3.50. The molecule has 3 rings (SSSR count). The summed E-state index contributed by atoms with van der Waals surface area (Å²) in [6, 6.07) is 18.8. The van der Waals surface area contributed by atoms with Gasteiger partial charge in [-0.25, -0.2) is 0 Å². The highest BCUT2D eigenvalue weighted by atomic mass is 16.7. The van der Waals surface area contributed by atoms with Gasteiger partial charge in [0.2, 0.25) is 0 Å². The summed E-state index contributed by atoms with van der Waals surface area (Å²) < 4.78 is 10.8. The van der Waals surface area contributed by atoms with Gasteiger partial charge in [0, 0.05) is 17.8 Å². The van der Waals surface area contributed by atoms with Gasteiger partial charge in [0.1, 0.15) is 6.79 Å². The summed E-state index contributed by atoms with van der Waals surface area (Å²) in [6.07, 6.45) is 1.17. The van der Waals surface area contributed by atoms with E-state index in [0.717, 1.165) is 25.3 Å². The first-order chi connectivity index (χ1) is 9.93. The molecule has 3 nitrogen and oxygen atoms in total. The van der Waals surface area contributed by atoms with Crippen LogP contribution in [0.15, 0.2) is 54.6 Å². The molecule has 0 spiro atoms. The van der Waals surface area contributed by atoms with Crippen LogP contribution in [0.3, 0.4) is 0 Å². The largest absolute Gasteiger partial charge is 0.382 e. The van der Waals surface area contributed by atoms with Crippen molar-refractivity contribution in [1.82, 2.24) is 0 Å². The van der Waals surface area contributed by atoms with Crippen LogP contribution >= 0.6 is 0 Å². The second kappa shape index (κ2) is 6.55. The van der Waals surface area contributed by atoms with Crippen LogP contribution in [0.25, 0.3) is 11.1 Å². The number of para-hydroxylation sites is 1. The summed E-state index contributed by atoms with van der Waals surface area (Å²) in [4.78, 5) is 0. The third-order valence-corrected chi connectivity index (χ3v) is 3.50. The Morgan fingerprint density at radius 2 is 1.80 bits per heavy atom. The highest BCUT2D eigenvalue weighted by Gasteiger charge is 2.14. The standard InChI is InChI=1S/C17H19NO2/c1-2-6-14(7-3-1)16-8-4-5-9-17(16)18-12-15-10-11-19-13-20-15/h1-9,15,18H,10-13H2. The minimum atomic E-state index is 0.229. The maximum atomic E-state index is 5.56. The molecule has 2 aromatic carbocycles. The van der Waals surface area contributed by atoms with Gasteiger partial charge < -0.3 is 14.8 Å². The van der Waals surface area contributed by atoms with E-state index in [-0.39, 0.29) is 6.10 Å². The van der Waals surface area contributed by atoms with Crippen molar-refractivity contribution in [3.8, 4) is 11.1 Å². The second-order valence-corrected chi connectivity index (χ2v) is 4.90. The molecule has 1 N–H and O–H groups in total. The zero-order valence-electron chi connectivity index (χ0n) is 11.4. The molecule has 0 amide bonds. The summed E-state index contributed by atoms with van der Waals surface area (Å²) in [5.41, 5.74) is 3.59. The van der Waals surface area contributed by atoms with Gasteiger partial charge in [0.25, 0.3) is 0 Å². The molecular formula is C17H19NO2. The summed E-state index contributed by atoms with van der Waals surface area (Å²) in [5.74, 6) is 0. The van der Waals surface area contributed by atoms with E-state index >= 15 is 0 Å². The normalized spacial score (nSPS) is 18.7. The summed E-state index contributed by atoms with van der Waals surface area (Å²) in [6.45, 7) is 2.01. The minimum Gasteiger partial charge on any atom is -0.382 e. The first-order valence-corrected chi connectivity index (χ1v) is 7.01. The van der Waals surface area contributed by atoms with Crippen LogP contribution in [0.1, 0.15) is 6.42 Å². The van der Waals surface area contributed by atoms with E-state index in [4.69, 9.17) is 9.47 Å². The Labute approximate surface area is 119 Å². The molecule has 0 aromatic heterocycles. The Kier molecular flexibility index (Phi) is 4.31. The first kappa shape index (κ1) is 13.2. The van der Waals surface area contributed by atoms with Crippen molar-refractivity contribution in [2.24, 2.45) is 0 Å². The first-order valence-electron chi connectivity index (χ1n) is 7.01. The average Bonchev–Trinajstić information content (AvgIpc) is 2.55. The number of rotatable bonds is 4. The highest BCUT2D eigenvalue weighted by molar-refractivity contribution is 5.77. The fourth-order valence-electron chi connectivity index (χ4n) is 2.39. The van der Waals surface area contributed by atoms with Crippen LogP contribution in [0, 0.1) is 0 Å². The van der Waals surface area contributed by atoms with Crippen molar-refractivity contribution in [2.75, 3.05) is 25.3 Å². The van der Waals surface area contributed by atoms with Crippen LogP contribution in [0.5, 0.6) is 0 Å². The summed E-state index contributed by atoms with van der Waals surface area (Å²) >= 11 is 0. The Balaban J connectivity index is 1.73. The lowest BCUT2D eigenvalue weighted by Gasteiger charge is -2.24. The Hall–Kier alpha value is -1.84. The molecule has 20 heavy (non-hydrogen) atoms. The fraction of sp³-hybridized carbons (Fsp3) is 0.294. The molecule has 0 bridgehead atoms. The van der Waals surface area contributed by atoms with E-state index in [9.17, 15) is 0 Å². The van der Waals surface area contributed by atoms with E-state index < -0.39 is 0 Å². The third kappa shape index (κ3) is 3.18. The van der Waals surface area contributed by atoms with Crippen molar-refractivity contribution in [1.29, 1.82) is 0 Å². The van der Waals surface area contributed by atoms with Crippen molar-refractivity contribution < 1.29 is 9.47 Å². The van der Waals surface area contributed by atoms with Gasteiger partial charge in [0.15, 0.2) is 0 Å². The molecule has 1 atom stereocenters. The lowest BCUT2D eigenvalue weighted by molar-refractivity contribution is -0.133. The lowest BCUT2D eigenvalue weighted by Crippen LogP contribution is -2.30. The molecule has 0 aliphatic carbocycles. The van der Waals surface area contributed by atoms with Crippen molar-refractivity contribution in [3.63, 3.8) is 0 Å². The number of hydrogen-bond acceptors (Lipinski definition) is 3. The van der Waals surface area contributed by atoms with E-state index in [1.165, 1.54) is 11.1 Å². The van der Waals surface area contributed by atoms with E-state index in [1.54, 1.807) is 0 Å². The molecule has 104 valence electrons. The van der Waals surface area contributed by atoms with Crippen LogP contribution in [0.4, 0.5) is 5.69 Å². The second-order valence-electron chi connectivity index (χ2n) is 4.90.